The molecule has 3 heteroatoms. The van der Waals surface area contributed by atoms with Crippen molar-refractivity contribution < 1.29 is 9.22 Å². The summed E-state index contributed by atoms with van der Waals surface area (Å²) in [4.78, 5) is 12.5. The van der Waals surface area contributed by atoms with Gasteiger partial charge in [0.05, 0.1) is 0 Å². The van der Waals surface area contributed by atoms with Crippen LogP contribution >= 0.6 is 0 Å². The van der Waals surface area contributed by atoms with Gasteiger partial charge in [-0.3, -0.25) is 4.79 Å². The molecule has 0 fully saturated rings. The van der Waals surface area contributed by atoms with Gasteiger partial charge in [0.2, 0.25) is 0 Å². The molecule has 0 N–H and O–H groups in total. The monoisotopic (exact) mass is 382 g/mol. The highest BCUT2D eigenvalue weighted by atomic mass is 28.4. The van der Waals surface area contributed by atoms with E-state index in [4.69, 9.17) is 4.43 Å². The van der Waals surface area contributed by atoms with Gasteiger partial charge >= 0.3 is 0 Å². The molecule has 0 bridgehead atoms. The van der Waals surface area contributed by atoms with Crippen molar-refractivity contribution in [1.82, 2.24) is 0 Å². The molecule has 1 unspecified atom stereocenters. The SMILES string of the molecule is CC[Si](CC)(CC)OCC(C)CC(=O)Cc1ccc(-c2ccccc2)cc1. The lowest BCUT2D eigenvalue weighted by molar-refractivity contribution is -0.119. The lowest BCUT2D eigenvalue weighted by Gasteiger charge is -2.29. The highest BCUT2D eigenvalue weighted by Crippen LogP contribution is 2.23. The maximum absolute atomic E-state index is 12.5. The van der Waals surface area contributed by atoms with Crippen molar-refractivity contribution in [3.05, 3.63) is 60.2 Å². The van der Waals surface area contributed by atoms with Crippen LogP contribution in [0, 0.1) is 5.92 Å². The molecule has 2 aromatic carbocycles. The second-order valence-corrected chi connectivity index (χ2v) is 12.4. The summed E-state index contributed by atoms with van der Waals surface area (Å²) in [6.07, 6.45) is 1.11. The van der Waals surface area contributed by atoms with Crippen LogP contribution in [0.3, 0.4) is 0 Å². The number of rotatable bonds is 11. The van der Waals surface area contributed by atoms with E-state index in [9.17, 15) is 4.79 Å². The molecule has 2 nitrogen and oxygen atoms in total. The second kappa shape index (κ2) is 10.6. The van der Waals surface area contributed by atoms with E-state index in [0.29, 0.717) is 18.6 Å². The number of hydrogen-bond donors (Lipinski definition) is 0. The van der Waals surface area contributed by atoms with Crippen LogP contribution in [0.15, 0.2) is 54.6 Å². The molecule has 0 saturated carbocycles. The molecule has 0 aliphatic carbocycles. The third-order valence-corrected chi connectivity index (χ3v) is 10.3. The molecule has 0 saturated heterocycles. The number of hydrogen-bond acceptors (Lipinski definition) is 2. The van der Waals surface area contributed by atoms with Crippen molar-refractivity contribution in [3.63, 3.8) is 0 Å². The molecule has 0 aliphatic heterocycles. The van der Waals surface area contributed by atoms with Crippen LogP contribution in [0.2, 0.25) is 18.1 Å². The standard InChI is InChI=1S/C24H34O2Si/c1-5-27(6-2,7-3)26-19-20(4)17-24(25)18-21-13-15-23(16-14-21)22-11-9-8-10-12-22/h8-16,20H,5-7,17-19H2,1-4H3. The zero-order chi connectivity index (χ0) is 19.7. The van der Waals surface area contributed by atoms with Crippen LogP contribution < -0.4 is 0 Å². The molecule has 0 aliphatic rings. The average Bonchev–Trinajstić information content (AvgIpc) is 2.70. The zero-order valence-corrected chi connectivity index (χ0v) is 18.3. The minimum atomic E-state index is -1.56. The van der Waals surface area contributed by atoms with Crippen LogP contribution in [0.25, 0.3) is 11.1 Å². The van der Waals surface area contributed by atoms with Crippen LogP contribution in [0.4, 0.5) is 0 Å². The topological polar surface area (TPSA) is 26.3 Å². The number of ketones is 1. The molecule has 0 amide bonds. The summed E-state index contributed by atoms with van der Waals surface area (Å²) < 4.78 is 6.34. The van der Waals surface area contributed by atoms with Crippen LogP contribution in [-0.4, -0.2) is 20.7 Å². The molecule has 0 spiro atoms. The minimum Gasteiger partial charge on any atom is -0.417 e. The van der Waals surface area contributed by atoms with Gasteiger partial charge in [0.15, 0.2) is 8.32 Å². The van der Waals surface area contributed by atoms with E-state index in [0.717, 1.165) is 30.3 Å². The van der Waals surface area contributed by atoms with Crippen molar-refractivity contribution in [2.75, 3.05) is 6.61 Å². The van der Waals surface area contributed by atoms with E-state index in [-0.39, 0.29) is 5.92 Å². The van der Waals surface area contributed by atoms with E-state index in [1.54, 1.807) is 0 Å². The normalized spacial score (nSPS) is 12.7. The van der Waals surface area contributed by atoms with Crippen LogP contribution in [0.5, 0.6) is 0 Å². The first-order chi connectivity index (χ1) is 13.0. The van der Waals surface area contributed by atoms with Gasteiger partial charge in [-0.25, -0.2) is 0 Å². The Morgan fingerprint density at radius 3 is 2.00 bits per heavy atom. The zero-order valence-electron chi connectivity index (χ0n) is 17.3. The van der Waals surface area contributed by atoms with Gasteiger partial charge in [-0.1, -0.05) is 82.3 Å². The molecule has 0 aromatic heterocycles. The first kappa shape index (κ1) is 21.6. The number of carbonyl (C=O) groups excluding carboxylic acids is 1. The van der Waals surface area contributed by atoms with Gasteiger partial charge in [0.1, 0.15) is 5.78 Å². The van der Waals surface area contributed by atoms with E-state index >= 15 is 0 Å². The lowest BCUT2D eigenvalue weighted by Crippen LogP contribution is -2.37. The Kier molecular flexibility index (Phi) is 8.46. The summed E-state index contributed by atoms with van der Waals surface area (Å²) in [5.41, 5.74) is 3.48. The number of benzene rings is 2. The Labute approximate surface area is 166 Å². The lowest BCUT2D eigenvalue weighted by atomic mass is 9.98. The Bertz CT molecular complexity index is 682. The number of Topliss-reactive ketones (excluding diaryl/α,β-unsaturated/α-hetero) is 1. The first-order valence-electron chi connectivity index (χ1n) is 10.3. The van der Waals surface area contributed by atoms with E-state index < -0.39 is 8.32 Å². The summed E-state index contributed by atoms with van der Waals surface area (Å²) in [6.45, 7) is 9.59. The summed E-state index contributed by atoms with van der Waals surface area (Å²) in [5.74, 6) is 0.591. The highest BCUT2D eigenvalue weighted by molar-refractivity contribution is 6.73. The summed E-state index contributed by atoms with van der Waals surface area (Å²) in [5, 5.41) is 0. The van der Waals surface area contributed by atoms with Crippen LogP contribution in [-0.2, 0) is 15.6 Å². The smallest absolute Gasteiger partial charge is 0.191 e. The molecular weight excluding hydrogens is 348 g/mol. The van der Waals surface area contributed by atoms with Crippen molar-refractivity contribution in [2.24, 2.45) is 5.92 Å². The molecule has 27 heavy (non-hydrogen) atoms. The second-order valence-electron chi connectivity index (χ2n) is 7.64. The van der Waals surface area contributed by atoms with E-state index in [1.807, 2.05) is 18.2 Å². The Balaban J connectivity index is 1.84. The average molecular weight is 383 g/mol. The van der Waals surface area contributed by atoms with Crippen molar-refractivity contribution in [1.29, 1.82) is 0 Å². The molecule has 146 valence electrons. The van der Waals surface area contributed by atoms with E-state index in [2.05, 4.69) is 64.1 Å². The quantitative estimate of drug-likeness (QED) is 0.414. The van der Waals surface area contributed by atoms with E-state index in [1.165, 1.54) is 11.1 Å². The molecule has 1 atom stereocenters. The van der Waals surface area contributed by atoms with Crippen molar-refractivity contribution >= 4 is 14.1 Å². The third-order valence-electron chi connectivity index (χ3n) is 5.65. The van der Waals surface area contributed by atoms with Crippen molar-refractivity contribution in [2.45, 2.75) is 58.7 Å². The predicted octanol–water partition coefficient (Wildman–Crippen LogP) is 6.51. The summed E-state index contributed by atoms with van der Waals surface area (Å²) in [6, 6.07) is 22.2. The Morgan fingerprint density at radius 2 is 1.44 bits per heavy atom. The van der Waals surface area contributed by atoms with Gasteiger partial charge in [0, 0.05) is 19.4 Å². The Hall–Kier alpha value is -1.71. The fraction of sp³-hybridized carbons (Fsp3) is 0.458. The molecule has 0 heterocycles. The number of carbonyl (C=O) groups is 1. The third kappa shape index (κ3) is 6.44. The minimum absolute atomic E-state index is 0.289. The fourth-order valence-electron chi connectivity index (χ4n) is 3.57. The highest BCUT2D eigenvalue weighted by Gasteiger charge is 2.29. The van der Waals surface area contributed by atoms with Gasteiger partial charge in [0.25, 0.3) is 0 Å². The van der Waals surface area contributed by atoms with Gasteiger partial charge in [-0.2, -0.15) is 0 Å². The Morgan fingerprint density at radius 1 is 0.889 bits per heavy atom. The maximum atomic E-state index is 12.5. The van der Waals surface area contributed by atoms with Crippen molar-refractivity contribution in [3.8, 4) is 11.1 Å². The van der Waals surface area contributed by atoms with Gasteiger partial charge in [-0.05, 0) is 40.7 Å². The summed E-state index contributed by atoms with van der Waals surface area (Å²) >= 11 is 0. The molecule has 0 radical (unpaired) electrons. The predicted molar refractivity (Wildman–Crippen MR) is 118 cm³/mol. The largest absolute Gasteiger partial charge is 0.417 e. The fourth-order valence-corrected chi connectivity index (χ4v) is 6.32. The molecule has 2 rings (SSSR count). The first-order valence-corrected chi connectivity index (χ1v) is 12.8. The molecular formula is C24H34O2Si. The maximum Gasteiger partial charge on any atom is 0.191 e. The van der Waals surface area contributed by atoms with Gasteiger partial charge < -0.3 is 4.43 Å². The van der Waals surface area contributed by atoms with Gasteiger partial charge in [-0.15, -0.1) is 0 Å². The van der Waals surface area contributed by atoms with Crippen LogP contribution in [0.1, 0.15) is 39.7 Å². The molecule has 2 aromatic rings. The summed E-state index contributed by atoms with van der Waals surface area (Å²) in [7, 11) is -1.56.